The van der Waals surface area contributed by atoms with Crippen LogP contribution >= 0.6 is 0 Å². The molecule has 0 heterocycles. The predicted octanol–water partition coefficient (Wildman–Crippen LogP) is 6.41. The second-order valence-corrected chi connectivity index (χ2v) is 7.88. The number of fused-ring (bicyclic) bond motifs is 2. The lowest BCUT2D eigenvalue weighted by molar-refractivity contribution is 0.0979. The summed E-state index contributed by atoms with van der Waals surface area (Å²) in [6, 6.07) is 27.3. The van der Waals surface area contributed by atoms with Crippen molar-refractivity contribution in [3.63, 3.8) is 0 Å². The molecule has 0 N–H and O–H groups in total. The maximum Gasteiger partial charge on any atom is 0.195 e. The quantitative estimate of drug-likeness (QED) is 0.350. The van der Waals surface area contributed by atoms with E-state index in [0.29, 0.717) is 22.3 Å². The predicted molar refractivity (Wildman–Crippen MR) is 120 cm³/mol. The Morgan fingerprint density at radius 3 is 1.57 bits per heavy atom. The SMILES string of the molecule is Cc1ccc(-c2cc3c(c(-c4ccc(C)cc4)c2)C(=O)c2ccccc2C3=O)cc1. The fourth-order valence-corrected chi connectivity index (χ4v) is 4.10. The molecule has 0 aromatic heterocycles. The Morgan fingerprint density at radius 1 is 0.467 bits per heavy atom. The van der Waals surface area contributed by atoms with E-state index in [9.17, 15) is 9.59 Å². The van der Waals surface area contributed by atoms with Crippen molar-refractivity contribution in [3.8, 4) is 22.3 Å². The molecule has 4 aromatic rings. The fourth-order valence-electron chi connectivity index (χ4n) is 4.10. The summed E-state index contributed by atoms with van der Waals surface area (Å²) in [5, 5.41) is 0. The lowest BCUT2D eigenvalue weighted by Gasteiger charge is -2.22. The van der Waals surface area contributed by atoms with Crippen molar-refractivity contribution in [1.29, 1.82) is 0 Å². The van der Waals surface area contributed by atoms with E-state index in [-0.39, 0.29) is 11.6 Å². The van der Waals surface area contributed by atoms with Crippen LogP contribution in [0.15, 0.2) is 84.9 Å². The normalized spacial score (nSPS) is 12.5. The topological polar surface area (TPSA) is 34.1 Å². The molecule has 1 aliphatic rings. The highest BCUT2D eigenvalue weighted by Crippen LogP contribution is 2.38. The number of carbonyl (C=O) groups is 2. The van der Waals surface area contributed by atoms with Gasteiger partial charge in [-0.05, 0) is 48.2 Å². The first-order valence-corrected chi connectivity index (χ1v) is 10.0. The molecular formula is C28H20O2. The van der Waals surface area contributed by atoms with Crippen molar-refractivity contribution in [2.24, 2.45) is 0 Å². The molecule has 0 fully saturated rings. The molecule has 0 saturated carbocycles. The molecule has 0 amide bonds. The molecule has 1 aliphatic carbocycles. The fraction of sp³-hybridized carbons (Fsp3) is 0.0714. The molecule has 0 aliphatic heterocycles. The molecule has 144 valence electrons. The minimum absolute atomic E-state index is 0.0915. The summed E-state index contributed by atoms with van der Waals surface area (Å²) in [6.45, 7) is 4.08. The van der Waals surface area contributed by atoms with Crippen molar-refractivity contribution < 1.29 is 9.59 Å². The Kier molecular flexibility index (Phi) is 4.22. The smallest absolute Gasteiger partial charge is 0.195 e. The zero-order chi connectivity index (χ0) is 20.8. The van der Waals surface area contributed by atoms with E-state index in [2.05, 4.69) is 24.3 Å². The number of rotatable bonds is 2. The van der Waals surface area contributed by atoms with Crippen LogP contribution < -0.4 is 0 Å². The van der Waals surface area contributed by atoms with Gasteiger partial charge >= 0.3 is 0 Å². The highest BCUT2D eigenvalue weighted by Gasteiger charge is 2.32. The van der Waals surface area contributed by atoms with E-state index in [1.54, 1.807) is 24.3 Å². The van der Waals surface area contributed by atoms with Gasteiger partial charge in [-0.15, -0.1) is 0 Å². The number of hydrogen-bond donors (Lipinski definition) is 0. The van der Waals surface area contributed by atoms with E-state index >= 15 is 0 Å². The molecule has 2 heteroatoms. The van der Waals surface area contributed by atoms with E-state index in [1.807, 2.05) is 50.2 Å². The summed E-state index contributed by atoms with van der Waals surface area (Å²) < 4.78 is 0. The van der Waals surface area contributed by atoms with Crippen LogP contribution in [0.1, 0.15) is 43.0 Å². The van der Waals surface area contributed by atoms with Crippen LogP contribution in [0.5, 0.6) is 0 Å². The van der Waals surface area contributed by atoms with Crippen LogP contribution in [0.4, 0.5) is 0 Å². The molecule has 30 heavy (non-hydrogen) atoms. The maximum atomic E-state index is 13.5. The molecule has 0 unspecified atom stereocenters. The number of ketones is 2. The molecule has 2 nitrogen and oxygen atoms in total. The van der Waals surface area contributed by atoms with Gasteiger partial charge in [0, 0.05) is 22.3 Å². The van der Waals surface area contributed by atoms with Crippen LogP contribution in [0.2, 0.25) is 0 Å². The first-order valence-electron chi connectivity index (χ1n) is 10.0. The van der Waals surface area contributed by atoms with E-state index < -0.39 is 0 Å². The minimum atomic E-state index is -0.0949. The van der Waals surface area contributed by atoms with Crippen molar-refractivity contribution in [1.82, 2.24) is 0 Å². The van der Waals surface area contributed by atoms with E-state index in [0.717, 1.165) is 27.8 Å². The van der Waals surface area contributed by atoms with Crippen molar-refractivity contribution in [2.75, 3.05) is 0 Å². The molecule has 0 atom stereocenters. The lowest BCUT2D eigenvalue weighted by atomic mass is 9.79. The lowest BCUT2D eigenvalue weighted by Crippen LogP contribution is -2.22. The zero-order valence-electron chi connectivity index (χ0n) is 16.9. The van der Waals surface area contributed by atoms with Crippen LogP contribution in [0.25, 0.3) is 22.3 Å². The summed E-state index contributed by atoms with van der Waals surface area (Å²) in [7, 11) is 0. The monoisotopic (exact) mass is 388 g/mol. The minimum Gasteiger partial charge on any atom is -0.289 e. The van der Waals surface area contributed by atoms with Gasteiger partial charge in [-0.1, -0.05) is 83.9 Å². The maximum absolute atomic E-state index is 13.5. The Morgan fingerprint density at radius 2 is 0.967 bits per heavy atom. The number of carbonyl (C=O) groups excluding carboxylic acids is 2. The highest BCUT2D eigenvalue weighted by atomic mass is 16.1. The van der Waals surface area contributed by atoms with Crippen molar-refractivity contribution in [2.45, 2.75) is 13.8 Å². The highest BCUT2D eigenvalue weighted by molar-refractivity contribution is 6.30. The molecule has 0 bridgehead atoms. The molecule has 4 aromatic carbocycles. The van der Waals surface area contributed by atoms with Crippen LogP contribution in [-0.4, -0.2) is 11.6 Å². The largest absolute Gasteiger partial charge is 0.289 e. The molecular weight excluding hydrogens is 368 g/mol. The van der Waals surface area contributed by atoms with Gasteiger partial charge in [0.15, 0.2) is 11.6 Å². The second kappa shape index (κ2) is 6.93. The number of benzene rings is 4. The molecule has 0 spiro atoms. The van der Waals surface area contributed by atoms with Crippen molar-refractivity contribution in [3.05, 3.63) is 118 Å². The van der Waals surface area contributed by atoms with Crippen LogP contribution in [0.3, 0.4) is 0 Å². The Hall–Kier alpha value is -3.78. The summed E-state index contributed by atoms with van der Waals surface area (Å²) in [5.74, 6) is -0.186. The summed E-state index contributed by atoms with van der Waals surface area (Å²) in [4.78, 5) is 26.8. The van der Waals surface area contributed by atoms with Gasteiger partial charge < -0.3 is 0 Å². The first kappa shape index (κ1) is 18.3. The van der Waals surface area contributed by atoms with Gasteiger partial charge in [0.2, 0.25) is 0 Å². The number of hydrogen-bond acceptors (Lipinski definition) is 2. The summed E-state index contributed by atoms with van der Waals surface area (Å²) in [6.07, 6.45) is 0. The van der Waals surface area contributed by atoms with Crippen LogP contribution in [-0.2, 0) is 0 Å². The second-order valence-electron chi connectivity index (χ2n) is 7.88. The summed E-state index contributed by atoms with van der Waals surface area (Å²) >= 11 is 0. The van der Waals surface area contributed by atoms with Gasteiger partial charge in [0.05, 0.1) is 0 Å². The molecule has 0 saturated heterocycles. The van der Waals surface area contributed by atoms with E-state index in [1.165, 1.54) is 5.56 Å². The molecule has 5 rings (SSSR count). The first-order chi connectivity index (χ1) is 14.5. The third-order valence-electron chi connectivity index (χ3n) is 5.77. The van der Waals surface area contributed by atoms with Gasteiger partial charge in [-0.25, -0.2) is 0 Å². The summed E-state index contributed by atoms with van der Waals surface area (Å²) in [5.41, 5.74) is 7.96. The third kappa shape index (κ3) is 2.89. The van der Waals surface area contributed by atoms with Crippen molar-refractivity contribution >= 4 is 11.6 Å². The van der Waals surface area contributed by atoms with Crippen LogP contribution in [0, 0.1) is 13.8 Å². The number of aryl methyl sites for hydroxylation is 2. The Balaban J connectivity index is 1.81. The van der Waals surface area contributed by atoms with Gasteiger partial charge in [0.25, 0.3) is 0 Å². The Bertz CT molecular complexity index is 1310. The van der Waals surface area contributed by atoms with Gasteiger partial charge in [-0.3, -0.25) is 9.59 Å². The Labute approximate surface area is 175 Å². The third-order valence-corrected chi connectivity index (χ3v) is 5.77. The standard InChI is InChI=1S/C28H20O2/c1-17-7-11-19(12-8-17)21-15-24(20-13-9-18(2)10-14-20)26-25(16-21)27(29)22-5-3-4-6-23(22)28(26)30/h3-16H,1-2H3. The van der Waals surface area contributed by atoms with Gasteiger partial charge in [0.1, 0.15) is 0 Å². The average molecular weight is 388 g/mol. The van der Waals surface area contributed by atoms with Gasteiger partial charge in [-0.2, -0.15) is 0 Å². The van der Waals surface area contributed by atoms with E-state index in [4.69, 9.17) is 0 Å². The molecule has 0 radical (unpaired) electrons. The zero-order valence-corrected chi connectivity index (χ0v) is 16.9. The average Bonchev–Trinajstić information content (AvgIpc) is 2.78.